The van der Waals surface area contributed by atoms with Gasteiger partial charge < -0.3 is 15.3 Å². The standard InChI is InChI=1S/C13H24N2O3/c1-4-6-13(3,18)9-14-12(17)10-7-11(16)15(5-2)8-10/h10,18H,4-9H2,1-3H3,(H,14,17). The molecule has 104 valence electrons. The smallest absolute Gasteiger partial charge is 0.225 e. The van der Waals surface area contributed by atoms with Crippen LogP contribution in [0.5, 0.6) is 0 Å². The van der Waals surface area contributed by atoms with E-state index in [9.17, 15) is 14.7 Å². The lowest BCUT2D eigenvalue weighted by Gasteiger charge is -2.23. The summed E-state index contributed by atoms with van der Waals surface area (Å²) in [4.78, 5) is 25.1. The van der Waals surface area contributed by atoms with E-state index in [0.717, 1.165) is 6.42 Å². The molecule has 0 aliphatic carbocycles. The predicted octanol–water partition coefficient (Wildman–Crippen LogP) is 0.522. The lowest BCUT2D eigenvalue weighted by atomic mass is 10.00. The second-order valence-corrected chi connectivity index (χ2v) is 5.30. The Labute approximate surface area is 109 Å². The lowest BCUT2D eigenvalue weighted by molar-refractivity contribution is -0.129. The van der Waals surface area contributed by atoms with Gasteiger partial charge in [0.1, 0.15) is 0 Å². The molecular formula is C13H24N2O3. The molecule has 0 aromatic heterocycles. The first-order chi connectivity index (χ1) is 8.39. The summed E-state index contributed by atoms with van der Waals surface area (Å²) in [6.45, 7) is 7.01. The fourth-order valence-electron chi connectivity index (χ4n) is 2.30. The third kappa shape index (κ3) is 3.98. The number of nitrogens with one attached hydrogen (secondary N) is 1. The Balaban J connectivity index is 2.41. The molecule has 0 aromatic rings. The van der Waals surface area contributed by atoms with Crippen LogP contribution in [0.2, 0.25) is 0 Å². The molecule has 1 rings (SSSR count). The highest BCUT2D eigenvalue weighted by Gasteiger charge is 2.33. The van der Waals surface area contributed by atoms with E-state index >= 15 is 0 Å². The summed E-state index contributed by atoms with van der Waals surface area (Å²) in [7, 11) is 0. The highest BCUT2D eigenvalue weighted by molar-refractivity contribution is 5.89. The van der Waals surface area contributed by atoms with Crippen molar-refractivity contribution in [2.75, 3.05) is 19.6 Å². The molecule has 1 aliphatic heterocycles. The molecule has 1 fully saturated rings. The van der Waals surface area contributed by atoms with Gasteiger partial charge in [-0.2, -0.15) is 0 Å². The molecule has 5 nitrogen and oxygen atoms in total. The van der Waals surface area contributed by atoms with Crippen LogP contribution < -0.4 is 5.32 Å². The molecule has 1 saturated heterocycles. The van der Waals surface area contributed by atoms with Gasteiger partial charge in [0.2, 0.25) is 11.8 Å². The molecule has 18 heavy (non-hydrogen) atoms. The average Bonchev–Trinajstić information content (AvgIpc) is 2.67. The quantitative estimate of drug-likeness (QED) is 0.728. The van der Waals surface area contributed by atoms with Crippen molar-refractivity contribution in [3.63, 3.8) is 0 Å². The molecule has 2 N–H and O–H groups in total. The summed E-state index contributed by atoms with van der Waals surface area (Å²) in [6.07, 6.45) is 1.81. The topological polar surface area (TPSA) is 69.6 Å². The van der Waals surface area contributed by atoms with Crippen LogP contribution in [-0.4, -0.2) is 47.1 Å². The van der Waals surface area contributed by atoms with E-state index in [1.165, 1.54) is 0 Å². The van der Waals surface area contributed by atoms with Crippen molar-refractivity contribution in [2.45, 2.75) is 45.6 Å². The van der Waals surface area contributed by atoms with Gasteiger partial charge in [-0.1, -0.05) is 13.3 Å². The molecule has 1 heterocycles. The van der Waals surface area contributed by atoms with Crippen molar-refractivity contribution < 1.29 is 14.7 Å². The van der Waals surface area contributed by atoms with E-state index in [-0.39, 0.29) is 30.7 Å². The van der Waals surface area contributed by atoms with Gasteiger partial charge in [0.05, 0.1) is 11.5 Å². The van der Waals surface area contributed by atoms with Gasteiger partial charge in [-0.05, 0) is 20.3 Å². The van der Waals surface area contributed by atoms with E-state index in [1.807, 2.05) is 13.8 Å². The highest BCUT2D eigenvalue weighted by atomic mass is 16.3. The van der Waals surface area contributed by atoms with Crippen molar-refractivity contribution in [1.29, 1.82) is 0 Å². The largest absolute Gasteiger partial charge is 0.388 e. The summed E-state index contributed by atoms with van der Waals surface area (Å²) >= 11 is 0. The van der Waals surface area contributed by atoms with Crippen molar-refractivity contribution in [1.82, 2.24) is 10.2 Å². The van der Waals surface area contributed by atoms with Crippen LogP contribution >= 0.6 is 0 Å². The number of amides is 2. The zero-order valence-electron chi connectivity index (χ0n) is 11.5. The van der Waals surface area contributed by atoms with Gasteiger partial charge >= 0.3 is 0 Å². The van der Waals surface area contributed by atoms with E-state index in [1.54, 1.807) is 11.8 Å². The SMILES string of the molecule is CCCC(C)(O)CNC(=O)C1CC(=O)N(CC)C1. The molecule has 0 spiro atoms. The summed E-state index contributed by atoms with van der Waals surface area (Å²) in [6, 6.07) is 0. The van der Waals surface area contributed by atoms with Crippen molar-refractivity contribution in [3.05, 3.63) is 0 Å². The van der Waals surface area contributed by atoms with Gasteiger partial charge in [-0.25, -0.2) is 0 Å². The Morgan fingerprint density at radius 2 is 2.22 bits per heavy atom. The van der Waals surface area contributed by atoms with Gasteiger partial charge in [-0.3, -0.25) is 9.59 Å². The van der Waals surface area contributed by atoms with Crippen LogP contribution in [0.3, 0.4) is 0 Å². The Bertz CT molecular complexity index is 315. The van der Waals surface area contributed by atoms with Crippen LogP contribution in [0.4, 0.5) is 0 Å². The van der Waals surface area contributed by atoms with Crippen LogP contribution in [0.25, 0.3) is 0 Å². The Morgan fingerprint density at radius 3 is 2.72 bits per heavy atom. The van der Waals surface area contributed by atoms with Gasteiger partial charge in [0.25, 0.3) is 0 Å². The number of carbonyl (C=O) groups is 2. The fraction of sp³-hybridized carbons (Fsp3) is 0.846. The minimum Gasteiger partial charge on any atom is -0.388 e. The second-order valence-electron chi connectivity index (χ2n) is 5.30. The molecule has 0 aromatic carbocycles. The van der Waals surface area contributed by atoms with Crippen LogP contribution in [0, 0.1) is 5.92 Å². The zero-order chi connectivity index (χ0) is 13.8. The zero-order valence-corrected chi connectivity index (χ0v) is 11.5. The molecule has 5 heteroatoms. The Hall–Kier alpha value is -1.10. The van der Waals surface area contributed by atoms with E-state index in [2.05, 4.69) is 5.32 Å². The number of hydrogen-bond acceptors (Lipinski definition) is 3. The molecule has 0 saturated carbocycles. The fourth-order valence-corrected chi connectivity index (χ4v) is 2.30. The molecule has 0 bridgehead atoms. The number of likely N-dealkylation sites (tertiary alicyclic amines) is 1. The van der Waals surface area contributed by atoms with E-state index < -0.39 is 5.60 Å². The third-order valence-corrected chi connectivity index (χ3v) is 3.40. The monoisotopic (exact) mass is 256 g/mol. The first kappa shape index (κ1) is 15.0. The van der Waals surface area contributed by atoms with Crippen LogP contribution in [-0.2, 0) is 9.59 Å². The molecular weight excluding hydrogens is 232 g/mol. The number of carbonyl (C=O) groups excluding carboxylic acids is 2. The van der Waals surface area contributed by atoms with E-state index in [0.29, 0.717) is 19.5 Å². The number of aliphatic hydroxyl groups is 1. The lowest BCUT2D eigenvalue weighted by Crippen LogP contribution is -2.43. The molecule has 2 unspecified atom stereocenters. The minimum atomic E-state index is -0.864. The summed E-state index contributed by atoms with van der Waals surface area (Å²) in [5.74, 6) is -0.358. The molecule has 2 atom stereocenters. The van der Waals surface area contributed by atoms with Crippen LogP contribution in [0.15, 0.2) is 0 Å². The Morgan fingerprint density at radius 1 is 1.56 bits per heavy atom. The number of hydrogen-bond donors (Lipinski definition) is 2. The van der Waals surface area contributed by atoms with Crippen LogP contribution in [0.1, 0.15) is 40.0 Å². The van der Waals surface area contributed by atoms with Crippen molar-refractivity contribution in [2.24, 2.45) is 5.92 Å². The molecule has 1 aliphatic rings. The maximum absolute atomic E-state index is 11.9. The summed E-state index contributed by atoms with van der Waals surface area (Å²) in [5, 5.41) is 12.7. The van der Waals surface area contributed by atoms with Gasteiger partial charge in [0, 0.05) is 26.1 Å². The predicted molar refractivity (Wildman–Crippen MR) is 68.9 cm³/mol. The van der Waals surface area contributed by atoms with Gasteiger partial charge in [-0.15, -0.1) is 0 Å². The van der Waals surface area contributed by atoms with Crippen molar-refractivity contribution in [3.8, 4) is 0 Å². The second kappa shape index (κ2) is 6.18. The maximum Gasteiger partial charge on any atom is 0.225 e. The first-order valence-corrected chi connectivity index (χ1v) is 6.67. The summed E-state index contributed by atoms with van der Waals surface area (Å²) < 4.78 is 0. The molecule has 2 amide bonds. The van der Waals surface area contributed by atoms with Crippen molar-refractivity contribution >= 4 is 11.8 Å². The number of nitrogens with zero attached hydrogens (tertiary/aromatic N) is 1. The Kier molecular flexibility index (Phi) is 5.14. The summed E-state index contributed by atoms with van der Waals surface area (Å²) in [5.41, 5.74) is -0.864. The number of rotatable bonds is 6. The first-order valence-electron chi connectivity index (χ1n) is 6.67. The highest BCUT2D eigenvalue weighted by Crippen LogP contribution is 2.18. The normalized spacial score (nSPS) is 23.0. The third-order valence-electron chi connectivity index (χ3n) is 3.40. The average molecular weight is 256 g/mol. The maximum atomic E-state index is 11.9. The van der Waals surface area contributed by atoms with E-state index in [4.69, 9.17) is 0 Å². The minimum absolute atomic E-state index is 0.0398. The molecule has 0 radical (unpaired) electrons. The van der Waals surface area contributed by atoms with Gasteiger partial charge in [0.15, 0.2) is 0 Å².